The Kier molecular flexibility index (Phi) is 10.5. The molecule has 2 amide bonds. The highest BCUT2D eigenvalue weighted by Crippen LogP contribution is 2.18. The Bertz CT molecular complexity index is 1070. The Balaban J connectivity index is 1.46. The van der Waals surface area contributed by atoms with Crippen molar-refractivity contribution in [1.29, 1.82) is 0 Å². The van der Waals surface area contributed by atoms with Crippen LogP contribution < -0.4 is 10.6 Å². The summed E-state index contributed by atoms with van der Waals surface area (Å²) in [7, 11) is 0. The first-order valence-electron chi connectivity index (χ1n) is 14.1. The topological polar surface area (TPSA) is 116 Å². The van der Waals surface area contributed by atoms with Gasteiger partial charge >= 0.3 is 6.09 Å². The van der Waals surface area contributed by atoms with E-state index in [9.17, 15) is 14.7 Å². The summed E-state index contributed by atoms with van der Waals surface area (Å²) in [6, 6.07) is 12.6. The maximum Gasteiger partial charge on any atom is 0.407 e. The molecule has 4 atom stereocenters. The quantitative estimate of drug-likeness (QED) is 0.409. The van der Waals surface area contributed by atoms with E-state index in [1.54, 1.807) is 12.4 Å². The molecule has 0 radical (unpaired) electrons. The summed E-state index contributed by atoms with van der Waals surface area (Å²) in [5.74, 6) is -0.0765. The van der Waals surface area contributed by atoms with Crippen LogP contribution in [0.1, 0.15) is 38.3 Å². The average molecular weight is 554 g/mol. The Labute approximate surface area is 237 Å². The maximum absolute atomic E-state index is 13.5. The van der Waals surface area contributed by atoms with Crippen molar-refractivity contribution in [3.63, 3.8) is 0 Å². The molecule has 2 aliphatic heterocycles. The minimum atomic E-state index is -0.927. The second-order valence-corrected chi connectivity index (χ2v) is 11.7. The number of aromatic nitrogens is 1. The van der Waals surface area contributed by atoms with Gasteiger partial charge in [0.1, 0.15) is 12.1 Å². The highest BCUT2D eigenvalue weighted by molar-refractivity contribution is 5.82. The lowest BCUT2D eigenvalue weighted by molar-refractivity contribution is -0.131. The van der Waals surface area contributed by atoms with Crippen LogP contribution in [-0.2, 0) is 27.2 Å². The van der Waals surface area contributed by atoms with Crippen molar-refractivity contribution < 1.29 is 24.2 Å². The Morgan fingerprint density at radius 3 is 2.55 bits per heavy atom. The lowest BCUT2D eigenvalue weighted by atomic mass is 9.99. The largest absolute Gasteiger partial charge is 0.444 e. The van der Waals surface area contributed by atoms with Crippen molar-refractivity contribution in [2.45, 2.75) is 70.0 Å². The first-order chi connectivity index (χ1) is 19.2. The van der Waals surface area contributed by atoms with Gasteiger partial charge in [0.2, 0.25) is 5.91 Å². The predicted molar refractivity (Wildman–Crippen MR) is 152 cm³/mol. The molecule has 0 unspecified atom stereocenters. The Morgan fingerprint density at radius 2 is 1.88 bits per heavy atom. The number of hydrogen-bond donors (Lipinski definition) is 3. The molecule has 218 valence electrons. The minimum Gasteiger partial charge on any atom is -0.444 e. The molecule has 10 heteroatoms. The van der Waals surface area contributed by atoms with E-state index in [4.69, 9.17) is 9.47 Å². The molecular formula is C30H43N5O5. The van der Waals surface area contributed by atoms with E-state index in [2.05, 4.69) is 20.5 Å². The molecule has 3 N–H and O–H groups in total. The zero-order valence-electron chi connectivity index (χ0n) is 23.8. The number of carbonyl (C=O) groups excluding carboxylic acids is 2. The number of nitrogens with one attached hydrogen (secondary N) is 2. The molecule has 2 aromatic rings. The van der Waals surface area contributed by atoms with Crippen molar-refractivity contribution in [3.8, 4) is 0 Å². The maximum atomic E-state index is 13.5. The third-order valence-corrected chi connectivity index (χ3v) is 7.18. The van der Waals surface area contributed by atoms with Crippen LogP contribution in [-0.4, -0.2) is 101 Å². The number of nitrogens with zero attached hydrogens (tertiary/aromatic N) is 3. The van der Waals surface area contributed by atoms with E-state index in [-0.39, 0.29) is 24.1 Å². The van der Waals surface area contributed by atoms with E-state index >= 15 is 0 Å². The van der Waals surface area contributed by atoms with Gasteiger partial charge in [-0.1, -0.05) is 30.3 Å². The normalized spacial score (nSPS) is 21.9. The van der Waals surface area contributed by atoms with Crippen LogP contribution in [0, 0.1) is 0 Å². The number of hydrogen-bond acceptors (Lipinski definition) is 8. The lowest BCUT2D eigenvalue weighted by Gasteiger charge is -2.43. The third kappa shape index (κ3) is 9.26. The first kappa shape index (κ1) is 29.9. The van der Waals surface area contributed by atoms with Gasteiger partial charge in [0.25, 0.3) is 0 Å². The first-order valence-corrected chi connectivity index (χ1v) is 14.1. The number of amides is 2. The molecule has 1 aromatic heterocycles. The molecule has 0 saturated carbocycles. The second kappa shape index (κ2) is 14.0. The smallest absolute Gasteiger partial charge is 0.407 e. The van der Waals surface area contributed by atoms with Gasteiger partial charge in [0, 0.05) is 57.1 Å². The fraction of sp³-hybridized carbons (Fsp3) is 0.567. The third-order valence-electron chi connectivity index (χ3n) is 7.18. The van der Waals surface area contributed by atoms with Gasteiger partial charge in [0.05, 0.1) is 25.4 Å². The molecule has 4 rings (SSSR count). The van der Waals surface area contributed by atoms with Gasteiger partial charge < -0.3 is 25.2 Å². The second-order valence-electron chi connectivity index (χ2n) is 11.7. The molecule has 3 heterocycles. The van der Waals surface area contributed by atoms with Crippen LogP contribution >= 0.6 is 0 Å². The van der Waals surface area contributed by atoms with E-state index < -0.39 is 24.3 Å². The van der Waals surface area contributed by atoms with Crippen LogP contribution in [0.2, 0.25) is 0 Å². The monoisotopic (exact) mass is 553 g/mol. The lowest BCUT2D eigenvalue weighted by Crippen LogP contribution is -2.63. The number of rotatable bonds is 10. The molecule has 0 bridgehead atoms. The van der Waals surface area contributed by atoms with Crippen molar-refractivity contribution >= 4 is 12.0 Å². The van der Waals surface area contributed by atoms with Gasteiger partial charge in [-0.2, -0.15) is 0 Å². The zero-order valence-corrected chi connectivity index (χ0v) is 23.8. The highest BCUT2D eigenvalue weighted by atomic mass is 16.6. The molecule has 0 aliphatic carbocycles. The van der Waals surface area contributed by atoms with E-state index in [0.717, 1.165) is 17.7 Å². The van der Waals surface area contributed by atoms with E-state index in [1.165, 1.54) is 0 Å². The van der Waals surface area contributed by atoms with Gasteiger partial charge in [-0.25, -0.2) is 4.79 Å². The SMILES string of the molecule is CC(C)(C)NC(=O)[C@@H]1CN(Cc2ccncc2)CCN1C[C@@H](O)[C@H](Cc1ccccc1)NC(=O)O[C@H]1CCOC1. The number of β-amino-alcohol motifs (C(OH)–C–C–N with tert-alkyl or cyclic N) is 1. The summed E-state index contributed by atoms with van der Waals surface area (Å²) in [6.07, 6.45) is 2.86. The number of aliphatic hydroxyl groups excluding tert-OH is 1. The predicted octanol–water partition coefficient (Wildman–Crippen LogP) is 1.97. The number of ether oxygens (including phenoxy) is 2. The number of benzene rings is 1. The number of aliphatic hydroxyl groups is 1. The number of piperazine rings is 1. The fourth-order valence-electron chi connectivity index (χ4n) is 5.15. The van der Waals surface area contributed by atoms with Crippen LogP contribution in [0.4, 0.5) is 4.79 Å². The van der Waals surface area contributed by atoms with Crippen molar-refractivity contribution in [2.75, 3.05) is 39.4 Å². The Hall–Kier alpha value is -3.05. The van der Waals surface area contributed by atoms with Crippen LogP contribution in [0.3, 0.4) is 0 Å². The zero-order chi connectivity index (χ0) is 28.5. The summed E-state index contributed by atoms with van der Waals surface area (Å²) >= 11 is 0. The summed E-state index contributed by atoms with van der Waals surface area (Å²) in [6.45, 7) is 9.65. The number of carbonyl (C=O) groups is 2. The van der Waals surface area contributed by atoms with Crippen LogP contribution in [0.25, 0.3) is 0 Å². The van der Waals surface area contributed by atoms with Gasteiger partial charge in [-0.3, -0.25) is 19.6 Å². The Morgan fingerprint density at radius 1 is 1.12 bits per heavy atom. The fourth-order valence-corrected chi connectivity index (χ4v) is 5.15. The van der Waals surface area contributed by atoms with Crippen LogP contribution in [0.5, 0.6) is 0 Å². The molecule has 2 fully saturated rings. The van der Waals surface area contributed by atoms with E-state index in [1.807, 2.05) is 68.1 Å². The minimum absolute atomic E-state index is 0.0765. The van der Waals surface area contributed by atoms with Gasteiger partial charge in [0.15, 0.2) is 0 Å². The highest BCUT2D eigenvalue weighted by Gasteiger charge is 2.36. The number of pyridine rings is 1. The molecular weight excluding hydrogens is 510 g/mol. The average Bonchev–Trinajstić information content (AvgIpc) is 3.42. The van der Waals surface area contributed by atoms with Gasteiger partial charge in [-0.05, 0) is 50.5 Å². The van der Waals surface area contributed by atoms with Crippen LogP contribution in [0.15, 0.2) is 54.9 Å². The van der Waals surface area contributed by atoms with Crippen molar-refractivity contribution in [2.24, 2.45) is 0 Å². The van der Waals surface area contributed by atoms with Crippen molar-refractivity contribution in [1.82, 2.24) is 25.4 Å². The van der Waals surface area contributed by atoms with Gasteiger partial charge in [-0.15, -0.1) is 0 Å². The van der Waals surface area contributed by atoms with Crippen molar-refractivity contribution in [3.05, 3.63) is 66.0 Å². The molecule has 40 heavy (non-hydrogen) atoms. The van der Waals surface area contributed by atoms with E-state index in [0.29, 0.717) is 45.7 Å². The molecule has 2 saturated heterocycles. The molecule has 1 aromatic carbocycles. The molecule has 10 nitrogen and oxygen atoms in total. The summed E-state index contributed by atoms with van der Waals surface area (Å²) < 4.78 is 10.8. The molecule has 0 spiro atoms. The number of alkyl carbamates (subject to hydrolysis) is 1. The standard InChI is InChI=1S/C30H43N5O5/c1-30(2,3)33-28(37)26-19-34(18-23-9-12-31-13-10-23)14-15-35(26)20-27(36)25(17-22-7-5-4-6-8-22)32-29(38)40-24-11-16-39-21-24/h4-10,12-13,24-27,36H,11,14-21H2,1-3H3,(H,32,38)(H,33,37)/t24-,25-,26-,27+/m0/s1. The molecule has 2 aliphatic rings. The summed E-state index contributed by atoms with van der Waals surface area (Å²) in [5.41, 5.74) is 1.73. The summed E-state index contributed by atoms with van der Waals surface area (Å²) in [5, 5.41) is 17.5. The summed E-state index contributed by atoms with van der Waals surface area (Å²) in [4.78, 5) is 34.6.